The van der Waals surface area contributed by atoms with Gasteiger partial charge in [0.05, 0.1) is 12.7 Å². The van der Waals surface area contributed by atoms with Crippen molar-refractivity contribution in [3.63, 3.8) is 0 Å². The Bertz CT molecular complexity index is 631. The molecule has 0 aromatic heterocycles. The second kappa shape index (κ2) is 6.90. The number of benzene rings is 2. The van der Waals surface area contributed by atoms with Crippen LogP contribution in [0.25, 0.3) is 0 Å². The first-order valence-electron chi connectivity index (χ1n) is 7.50. The third kappa shape index (κ3) is 3.57. The molecule has 22 heavy (non-hydrogen) atoms. The molecule has 1 saturated heterocycles. The zero-order valence-corrected chi connectivity index (χ0v) is 14.1. The van der Waals surface area contributed by atoms with Crippen LogP contribution in [0.15, 0.2) is 53.0 Å². The molecule has 2 atom stereocenters. The molecule has 0 N–H and O–H groups in total. The Hall–Kier alpha value is -1.23. The van der Waals surface area contributed by atoms with Gasteiger partial charge in [0.15, 0.2) is 0 Å². The normalized spacial score (nSPS) is 20.8. The zero-order chi connectivity index (χ0) is 15.5. The molecule has 2 aromatic carbocycles. The van der Waals surface area contributed by atoms with Crippen LogP contribution in [-0.2, 0) is 4.74 Å². The maximum absolute atomic E-state index is 13.1. The van der Waals surface area contributed by atoms with E-state index in [0.717, 1.165) is 23.1 Å². The van der Waals surface area contributed by atoms with E-state index < -0.39 is 0 Å². The lowest BCUT2D eigenvalue weighted by Crippen LogP contribution is -2.39. The molecule has 3 rings (SSSR count). The van der Waals surface area contributed by atoms with Gasteiger partial charge in [0.1, 0.15) is 5.82 Å². The molecule has 0 aliphatic carbocycles. The average molecular weight is 364 g/mol. The lowest BCUT2D eigenvalue weighted by Gasteiger charge is -2.37. The van der Waals surface area contributed by atoms with E-state index >= 15 is 0 Å². The van der Waals surface area contributed by atoms with Crippen LogP contribution in [0.2, 0.25) is 0 Å². The van der Waals surface area contributed by atoms with Gasteiger partial charge in [-0.25, -0.2) is 4.39 Å². The molecule has 2 unspecified atom stereocenters. The van der Waals surface area contributed by atoms with E-state index in [9.17, 15) is 4.39 Å². The monoisotopic (exact) mass is 363 g/mol. The minimum absolute atomic E-state index is 0.0779. The molecule has 1 fully saturated rings. The summed E-state index contributed by atoms with van der Waals surface area (Å²) in [5, 5.41) is 0. The summed E-state index contributed by atoms with van der Waals surface area (Å²) in [4.78, 5) is 2.39. The van der Waals surface area contributed by atoms with Gasteiger partial charge in [-0.3, -0.25) is 4.90 Å². The van der Waals surface area contributed by atoms with Crippen molar-refractivity contribution in [1.29, 1.82) is 0 Å². The number of morpholine rings is 1. The van der Waals surface area contributed by atoms with E-state index in [1.807, 2.05) is 24.3 Å². The number of halogens is 2. The van der Waals surface area contributed by atoms with Crippen molar-refractivity contribution < 1.29 is 9.13 Å². The molecule has 0 amide bonds. The summed E-state index contributed by atoms with van der Waals surface area (Å²) in [5.41, 5.74) is 2.32. The second-order valence-corrected chi connectivity index (χ2v) is 6.55. The predicted molar refractivity (Wildman–Crippen MR) is 89.2 cm³/mol. The molecule has 1 aliphatic rings. The molecule has 0 spiro atoms. The molecule has 0 saturated carbocycles. The van der Waals surface area contributed by atoms with Crippen molar-refractivity contribution in [2.75, 3.05) is 19.7 Å². The van der Waals surface area contributed by atoms with Crippen LogP contribution in [0.3, 0.4) is 0 Å². The fourth-order valence-corrected chi connectivity index (χ4v) is 3.30. The lowest BCUT2D eigenvalue weighted by molar-refractivity contribution is -0.0431. The van der Waals surface area contributed by atoms with Gasteiger partial charge in [0.2, 0.25) is 0 Å². The summed E-state index contributed by atoms with van der Waals surface area (Å²) in [5.74, 6) is -0.190. The highest BCUT2D eigenvalue weighted by atomic mass is 79.9. The quantitative estimate of drug-likeness (QED) is 0.781. The first-order valence-corrected chi connectivity index (χ1v) is 8.29. The van der Waals surface area contributed by atoms with Gasteiger partial charge in [-0.15, -0.1) is 0 Å². The molecule has 1 aliphatic heterocycles. The van der Waals surface area contributed by atoms with Crippen LogP contribution in [0, 0.1) is 5.82 Å². The Kier molecular flexibility index (Phi) is 4.91. The zero-order valence-electron chi connectivity index (χ0n) is 12.5. The smallest absolute Gasteiger partial charge is 0.123 e. The van der Waals surface area contributed by atoms with Gasteiger partial charge in [-0.1, -0.05) is 40.2 Å². The largest absolute Gasteiger partial charge is 0.371 e. The predicted octanol–water partition coefficient (Wildman–Crippen LogP) is 4.72. The van der Waals surface area contributed by atoms with Crippen molar-refractivity contribution in [3.05, 3.63) is 69.9 Å². The summed E-state index contributed by atoms with van der Waals surface area (Å²) in [6, 6.07) is 15.3. The fraction of sp³-hybridized carbons (Fsp3) is 0.333. The van der Waals surface area contributed by atoms with Gasteiger partial charge in [-0.2, -0.15) is 0 Å². The molecule has 4 heteroatoms. The van der Waals surface area contributed by atoms with Gasteiger partial charge in [-0.05, 0) is 42.3 Å². The van der Waals surface area contributed by atoms with Gasteiger partial charge >= 0.3 is 0 Å². The average Bonchev–Trinajstić information content (AvgIpc) is 2.55. The second-order valence-electron chi connectivity index (χ2n) is 5.64. The van der Waals surface area contributed by atoms with Crippen LogP contribution in [0.5, 0.6) is 0 Å². The van der Waals surface area contributed by atoms with E-state index in [2.05, 4.69) is 39.9 Å². The molecular formula is C18H19BrFNO. The Labute approximate surface area is 139 Å². The number of ether oxygens (including phenoxy) is 1. The van der Waals surface area contributed by atoms with E-state index in [4.69, 9.17) is 4.74 Å². The standard InChI is InChI=1S/C18H19BrFNO/c1-13(14-5-7-17(20)8-6-14)21-9-10-22-18(12-21)15-3-2-4-16(19)11-15/h2-8,11,13,18H,9-10,12H2,1H3. The summed E-state index contributed by atoms with van der Waals surface area (Å²) in [6.07, 6.45) is 0.0779. The third-order valence-corrected chi connectivity index (χ3v) is 4.71. The Morgan fingerprint density at radius 3 is 2.73 bits per heavy atom. The van der Waals surface area contributed by atoms with Crippen molar-refractivity contribution in [3.8, 4) is 0 Å². The van der Waals surface area contributed by atoms with Crippen LogP contribution in [-0.4, -0.2) is 24.6 Å². The minimum atomic E-state index is -0.190. The number of hydrogen-bond acceptors (Lipinski definition) is 2. The molecule has 0 bridgehead atoms. The van der Waals surface area contributed by atoms with Crippen LogP contribution >= 0.6 is 15.9 Å². The Morgan fingerprint density at radius 1 is 1.23 bits per heavy atom. The van der Waals surface area contributed by atoms with Crippen LogP contribution < -0.4 is 0 Å². The van der Waals surface area contributed by atoms with Crippen molar-refractivity contribution in [1.82, 2.24) is 4.90 Å². The number of nitrogens with zero attached hydrogens (tertiary/aromatic N) is 1. The number of hydrogen-bond donors (Lipinski definition) is 0. The maximum atomic E-state index is 13.1. The Morgan fingerprint density at radius 2 is 2.00 bits per heavy atom. The molecular weight excluding hydrogens is 345 g/mol. The Balaban J connectivity index is 1.73. The third-order valence-electron chi connectivity index (χ3n) is 4.22. The maximum Gasteiger partial charge on any atom is 0.123 e. The van der Waals surface area contributed by atoms with Gasteiger partial charge < -0.3 is 4.74 Å². The molecule has 0 radical (unpaired) electrons. The van der Waals surface area contributed by atoms with E-state index in [-0.39, 0.29) is 18.0 Å². The SMILES string of the molecule is CC(c1ccc(F)cc1)N1CCOC(c2cccc(Br)c2)C1. The molecule has 116 valence electrons. The van der Waals surface area contributed by atoms with Crippen LogP contribution in [0.1, 0.15) is 30.2 Å². The number of rotatable bonds is 3. The summed E-state index contributed by atoms with van der Waals surface area (Å²) >= 11 is 3.51. The van der Waals surface area contributed by atoms with Crippen LogP contribution in [0.4, 0.5) is 4.39 Å². The highest BCUT2D eigenvalue weighted by Gasteiger charge is 2.26. The van der Waals surface area contributed by atoms with Crippen molar-refractivity contribution in [2.24, 2.45) is 0 Å². The lowest BCUT2D eigenvalue weighted by atomic mass is 10.0. The van der Waals surface area contributed by atoms with Crippen molar-refractivity contribution in [2.45, 2.75) is 19.1 Å². The first kappa shape index (κ1) is 15.7. The van der Waals surface area contributed by atoms with E-state index in [1.54, 1.807) is 0 Å². The molecule has 2 aromatic rings. The first-order chi connectivity index (χ1) is 10.6. The highest BCUT2D eigenvalue weighted by molar-refractivity contribution is 9.10. The molecule has 1 heterocycles. The summed E-state index contributed by atoms with van der Waals surface area (Å²) in [6.45, 7) is 4.61. The van der Waals surface area contributed by atoms with Crippen molar-refractivity contribution >= 4 is 15.9 Å². The van der Waals surface area contributed by atoms with Gasteiger partial charge in [0, 0.05) is 23.6 Å². The highest BCUT2D eigenvalue weighted by Crippen LogP contribution is 2.29. The minimum Gasteiger partial charge on any atom is -0.371 e. The van der Waals surface area contributed by atoms with E-state index in [0.29, 0.717) is 6.61 Å². The topological polar surface area (TPSA) is 12.5 Å². The van der Waals surface area contributed by atoms with E-state index in [1.165, 1.54) is 17.7 Å². The summed E-state index contributed by atoms with van der Waals surface area (Å²) in [7, 11) is 0. The molecule has 2 nitrogen and oxygen atoms in total. The van der Waals surface area contributed by atoms with Gasteiger partial charge in [0.25, 0.3) is 0 Å². The summed E-state index contributed by atoms with van der Waals surface area (Å²) < 4.78 is 20.1. The fourth-order valence-electron chi connectivity index (χ4n) is 2.88.